The summed E-state index contributed by atoms with van der Waals surface area (Å²) in [4.78, 5) is 24.6. The number of hydrogen-bond donors (Lipinski definition) is 3. The molecule has 1 aliphatic carbocycles. The number of hydrogen-bond acceptors (Lipinski definition) is 3. The normalized spacial score (nSPS) is 27.0. The Hall–Kier alpha value is -1.88. The van der Waals surface area contributed by atoms with Crippen molar-refractivity contribution in [3.63, 3.8) is 0 Å². The first-order valence-electron chi connectivity index (χ1n) is 8.05. The second-order valence-corrected chi connectivity index (χ2v) is 6.33. The second kappa shape index (κ2) is 6.48. The van der Waals surface area contributed by atoms with Crippen molar-refractivity contribution in [2.45, 2.75) is 25.7 Å². The third-order valence-electron chi connectivity index (χ3n) is 4.96. The standard InChI is InChI=1S/C17H23N3O2/c21-15(20-14-7-2-1-3-8-14)11-19-16(22)17-9-5-4-6-13(17)10-18-12-17/h1-3,7-8,13,18H,4-6,9-12H2,(H,19,22)(H,20,21)/t13-,17+/m0/s1. The molecular formula is C17H23N3O2. The summed E-state index contributed by atoms with van der Waals surface area (Å²) >= 11 is 0. The Kier molecular flexibility index (Phi) is 4.43. The predicted octanol–water partition coefficient (Wildman–Crippen LogP) is 1.52. The maximum absolute atomic E-state index is 12.6. The van der Waals surface area contributed by atoms with Crippen LogP contribution in [-0.2, 0) is 9.59 Å². The van der Waals surface area contributed by atoms with Crippen molar-refractivity contribution in [3.8, 4) is 0 Å². The maximum atomic E-state index is 12.6. The van der Waals surface area contributed by atoms with Gasteiger partial charge in [-0.2, -0.15) is 0 Å². The molecule has 1 aromatic rings. The minimum atomic E-state index is -0.300. The fraction of sp³-hybridized carbons (Fsp3) is 0.529. The molecule has 118 valence electrons. The number of amides is 2. The minimum Gasteiger partial charge on any atom is -0.346 e. The van der Waals surface area contributed by atoms with Gasteiger partial charge in [-0.15, -0.1) is 0 Å². The van der Waals surface area contributed by atoms with E-state index in [1.54, 1.807) is 0 Å². The molecule has 5 heteroatoms. The molecule has 1 aliphatic heterocycles. The van der Waals surface area contributed by atoms with E-state index in [1.165, 1.54) is 6.42 Å². The van der Waals surface area contributed by atoms with Gasteiger partial charge in [0.25, 0.3) is 0 Å². The molecule has 2 amide bonds. The molecule has 3 rings (SSSR count). The Labute approximate surface area is 130 Å². The topological polar surface area (TPSA) is 70.2 Å². The zero-order valence-corrected chi connectivity index (χ0v) is 12.7. The van der Waals surface area contributed by atoms with Gasteiger partial charge in [0.2, 0.25) is 11.8 Å². The summed E-state index contributed by atoms with van der Waals surface area (Å²) in [6.07, 6.45) is 4.34. The van der Waals surface area contributed by atoms with E-state index >= 15 is 0 Å². The molecule has 2 fully saturated rings. The molecule has 1 saturated heterocycles. The van der Waals surface area contributed by atoms with E-state index in [-0.39, 0.29) is 23.8 Å². The van der Waals surface area contributed by atoms with Crippen LogP contribution in [0.3, 0.4) is 0 Å². The van der Waals surface area contributed by atoms with Crippen molar-refractivity contribution in [2.75, 3.05) is 25.0 Å². The first kappa shape index (κ1) is 15.0. The number of fused-ring (bicyclic) bond motifs is 1. The summed E-state index contributed by atoms with van der Waals surface area (Å²) in [6, 6.07) is 9.29. The quantitative estimate of drug-likeness (QED) is 0.790. The van der Waals surface area contributed by atoms with Gasteiger partial charge in [0, 0.05) is 12.2 Å². The van der Waals surface area contributed by atoms with Gasteiger partial charge in [0.1, 0.15) is 0 Å². The minimum absolute atomic E-state index is 0.0300. The zero-order valence-electron chi connectivity index (χ0n) is 12.7. The molecule has 1 heterocycles. The Morgan fingerprint density at radius 3 is 2.86 bits per heavy atom. The molecule has 0 radical (unpaired) electrons. The van der Waals surface area contributed by atoms with Crippen LogP contribution in [0.4, 0.5) is 5.69 Å². The summed E-state index contributed by atoms with van der Waals surface area (Å²) in [6.45, 7) is 1.69. The van der Waals surface area contributed by atoms with Gasteiger partial charge < -0.3 is 16.0 Å². The lowest BCUT2D eigenvalue weighted by molar-refractivity contribution is -0.135. The molecule has 1 saturated carbocycles. The van der Waals surface area contributed by atoms with E-state index in [0.717, 1.165) is 38.0 Å². The SMILES string of the molecule is O=C(CNC(=O)[C@@]12CCCC[C@H]1CNC2)Nc1ccccc1. The molecule has 0 spiro atoms. The van der Waals surface area contributed by atoms with Gasteiger partial charge in [0.05, 0.1) is 12.0 Å². The van der Waals surface area contributed by atoms with Crippen LogP contribution in [0, 0.1) is 11.3 Å². The van der Waals surface area contributed by atoms with Crippen LogP contribution in [-0.4, -0.2) is 31.4 Å². The molecule has 5 nitrogen and oxygen atoms in total. The van der Waals surface area contributed by atoms with E-state index < -0.39 is 0 Å². The van der Waals surface area contributed by atoms with Crippen molar-refractivity contribution >= 4 is 17.5 Å². The number of para-hydroxylation sites is 1. The van der Waals surface area contributed by atoms with Gasteiger partial charge in [-0.3, -0.25) is 9.59 Å². The van der Waals surface area contributed by atoms with Crippen LogP contribution in [0.5, 0.6) is 0 Å². The molecule has 0 bridgehead atoms. The molecule has 0 unspecified atom stereocenters. The highest BCUT2D eigenvalue weighted by molar-refractivity contribution is 5.95. The highest BCUT2D eigenvalue weighted by Crippen LogP contribution is 2.43. The van der Waals surface area contributed by atoms with Gasteiger partial charge >= 0.3 is 0 Å². The lowest BCUT2D eigenvalue weighted by Crippen LogP contribution is -2.49. The highest BCUT2D eigenvalue weighted by Gasteiger charge is 2.49. The summed E-state index contributed by atoms with van der Waals surface area (Å²) in [7, 11) is 0. The van der Waals surface area contributed by atoms with Crippen molar-refractivity contribution < 1.29 is 9.59 Å². The zero-order chi connectivity index (χ0) is 15.4. The molecule has 3 N–H and O–H groups in total. The molecule has 0 aromatic heterocycles. The number of carbonyl (C=O) groups excluding carboxylic acids is 2. The predicted molar refractivity (Wildman–Crippen MR) is 85.3 cm³/mol. The molecule has 22 heavy (non-hydrogen) atoms. The summed E-state index contributed by atoms with van der Waals surface area (Å²) in [5, 5.41) is 8.98. The lowest BCUT2D eigenvalue weighted by atomic mass is 9.67. The number of carbonyl (C=O) groups is 2. The van der Waals surface area contributed by atoms with Crippen LogP contribution in [0.15, 0.2) is 30.3 Å². The van der Waals surface area contributed by atoms with Gasteiger partial charge in [-0.1, -0.05) is 31.0 Å². The number of benzene rings is 1. The third-order valence-corrected chi connectivity index (χ3v) is 4.96. The third kappa shape index (κ3) is 2.99. The van der Waals surface area contributed by atoms with Crippen molar-refractivity contribution in [3.05, 3.63) is 30.3 Å². The fourth-order valence-corrected chi connectivity index (χ4v) is 3.75. The fourth-order valence-electron chi connectivity index (χ4n) is 3.75. The molecule has 2 atom stereocenters. The van der Waals surface area contributed by atoms with E-state index in [9.17, 15) is 9.59 Å². The van der Waals surface area contributed by atoms with Crippen LogP contribution < -0.4 is 16.0 Å². The van der Waals surface area contributed by atoms with Crippen molar-refractivity contribution in [1.29, 1.82) is 0 Å². The van der Waals surface area contributed by atoms with Gasteiger partial charge in [-0.25, -0.2) is 0 Å². The van der Waals surface area contributed by atoms with Crippen LogP contribution >= 0.6 is 0 Å². The van der Waals surface area contributed by atoms with Gasteiger partial charge in [-0.05, 0) is 37.4 Å². The molecular weight excluding hydrogens is 278 g/mol. The lowest BCUT2D eigenvalue weighted by Gasteiger charge is -2.37. The summed E-state index contributed by atoms with van der Waals surface area (Å²) in [5.41, 5.74) is 0.448. The van der Waals surface area contributed by atoms with Crippen molar-refractivity contribution in [1.82, 2.24) is 10.6 Å². The van der Waals surface area contributed by atoms with Crippen molar-refractivity contribution in [2.24, 2.45) is 11.3 Å². The highest BCUT2D eigenvalue weighted by atomic mass is 16.2. The van der Waals surface area contributed by atoms with E-state index in [1.807, 2.05) is 30.3 Å². The monoisotopic (exact) mass is 301 g/mol. The van der Waals surface area contributed by atoms with Crippen LogP contribution in [0.25, 0.3) is 0 Å². The summed E-state index contributed by atoms with van der Waals surface area (Å²) < 4.78 is 0. The average molecular weight is 301 g/mol. The van der Waals surface area contributed by atoms with E-state index in [4.69, 9.17) is 0 Å². The Morgan fingerprint density at radius 2 is 2.05 bits per heavy atom. The van der Waals surface area contributed by atoms with Crippen LogP contribution in [0.2, 0.25) is 0 Å². The smallest absolute Gasteiger partial charge is 0.243 e. The Bertz CT molecular complexity index is 546. The average Bonchev–Trinajstić information content (AvgIpc) is 2.99. The van der Waals surface area contributed by atoms with Gasteiger partial charge in [0.15, 0.2) is 0 Å². The summed E-state index contributed by atoms with van der Waals surface area (Å²) in [5.74, 6) is 0.262. The van der Waals surface area contributed by atoms with Crippen LogP contribution in [0.1, 0.15) is 25.7 Å². The number of anilines is 1. The number of nitrogens with one attached hydrogen (secondary N) is 3. The first-order valence-corrected chi connectivity index (χ1v) is 8.05. The molecule has 2 aliphatic rings. The maximum Gasteiger partial charge on any atom is 0.243 e. The first-order chi connectivity index (χ1) is 10.7. The van der Waals surface area contributed by atoms with E-state index in [2.05, 4.69) is 16.0 Å². The van der Waals surface area contributed by atoms with E-state index in [0.29, 0.717) is 5.92 Å². The largest absolute Gasteiger partial charge is 0.346 e. The number of rotatable bonds is 4. The molecule has 1 aromatic carbocycles. The second-order valence-electron chi connectivity index (χ2n) is 6.33. The Morgan fingerprint density at radius 1 is 1.23 bits per heavy atom. The Balaban J connectivity index is 1.54.